The number of ether oxygens (including phenoxy) is 1. The number of nitrogens with one attached hydrogen (secondary N) is 1. The summed E-state index contributed by atoms with van der Waals surface area (Å²) in [6.07, 6.45) is -0.809. The maximum Gasteiger partial charge on any atom is 0.469 e. The number of fused-ring (bicyclic) bond motifs is 1. The van der Waals surface area contributed by atoms with E-state index in [1.807, 2.05) is 30.3 Å². The molecule has 0 bridgehead atoms. The Labute approximate surface area is 174 Å². The Morgan fingerprint density at radius 3 is 2.65 bits per heavy atom. The van der Waals surface area contributed by atoms with Crippen LogP contribution >= 0.6 is 7.82 Å². The molecule has 0 amide bonds. The molecule has 0 spiro atoms. The number of H-pyrrole nitrogens is 1. The van der Waals surface area contributed by atoms with Gasteiger partial charge in [-0.25, -0.2) is 14.5 Å². The number of hydrogen-bond donors (Lipinski definition) is 5. The highest BCUT2D eigenvalue weighted by molar-refractivity contribution is 7.46. The third-order valence-corrected chi connectivity index (χ3v) is 5.19. The van der Waals surface area contributed by atoms with Crippen molar-refractivity contribution in [3.8, 4) is 0 Å². The average Bonchev–Trinajstić information content (AvgIpc) is 3.27. The van der Waals surface area contributed by atoms with E-state index in [0.29, 0.717) is 0 Å². The molecular formula is C18H19N4O8P. The number of rotatable bonds is 6. The maximum absolute atomic E-state index is 12.4. The lowest BCUT2D eigenvalue weighted by molar-refractivity contribution is -0.0504. The van der Waals surface area contributed by atoms with E-state index in [1.165, 1.54) is 10.9 Å². The quantitative estimate of drug-likeness (QED) is 0.321. The van der Waals surface area contributed by atoms with Gasteiger partial charge in [0.25, 0.3) is 5.56 Å². The first-order valence-electron chi connectivity index (χ1n) is 9.14. The van der Waals surface area contributed by atoms with E-state index in [0.717, 1.165) is 5.56 Å². The van der Waals surface area contributed by atoms with Crippen molar-refractivity contribution in [2.45, 2.75) is 24.5 Å². The summed E-state index contributed by atoms with van der Waals surface area (Å²) in [5.41, 5.74) is 0.483. The van der Waals surface area contributed by atoms with Gasteiger partial charge in [0, 0.05) is 0 Å². The highest BCUT2D eigenvalue weighted by atomic mass is 31.2. The minimum atomic E-state index is -4.79. The van der Waals surface area contributed by atoms with Gasteiger partial charge in [0.1, 0.15) is 24.1 Å². The Hall–Kier alpha value is -2.70. The first-order valence-corrected chi connectivity index (χ1v) is 10.7. The normalized spacial score (nSPS) is 24.4. The summed E-state index contributed by atoms with van der Waals surface area (Å²) in [5, 5.41) is 20.6. The van der Waals surface area contributed by atoms with Crippen molar-refractivity contribution in [2.75, 3.05) is 6.61 Å². The number of aromatic nitrogens is 4. The molecule has 0 radical (unpaired) electrons. The molecule has 1 aromatic carbocycles. The van der Waals surface area contributed by atoms with E-state index in [2.05, 4.69) is 19.5 Å². The average molecular weight is 450 g/mol. The number of imidazole rings is 1. The zero-order chi connectivity index (χ0) is 22.2. The van der Waals surface area contributed by atoms with Crippen molar-refractivity contribution in [1.82, 2.24) is 19.5 Å². The van der Waals surface area contributed by atoms with Crippen LogP contribution in [0.4, 0.5) is 0 Å². The molecule has 13 heteroatoms. The van der Waals surface area contributed by atoms with Gasteiger partial charge in [-0.3, -0.25) is 13.9 Å². The van der Waals surface area contributed by atoms with Gasteiger partial charge in [-0.15, -0.1) is 0 Å². The first-order chi connectivity index (χ1) is 14.7. The SMILES string of the molecule is O=c1[nH]c(/C=C/c2ccccc2)nc2c1ncn2[C@@H]1O[C@H](COP(=O)(O)O)[C@@H](O)[C@H]1O. The second-order valence-corrected chi connectivity index (χ2v) is 8.09. The number of aromatic amines is 1. The van der Waals surface area contributed by atoms with Gasteiger partial charge in [-0.2, -0.15) is 0 Å². The number of nitrogens with zero attached hydrogens (tertiary/aromatic N) is 3. The molecule has 4 rings (SSSR count). The summed E-state index contributed by atoms with van der Waals surface area (Å²) in [4.78, 5) is 41.0. The first kappa shape index (κ1) is 21.5. The van der Waals surface area contributed by atoms with Crippen LogP contribution in [-0.2, 0) is 13.8 Å². The standard InChI is InChI=1S/C18H19N4O8P/c23-14-11(8-29-31(26,27)28)30-18(15(14)24)22-9-19-13-16(22)20-12(21-17(13)25)7-6-10-4-2-1-3-5-10/h1-7,9,11,14-15,18,23-24H,8H2,(H,20,21,25)(H2,26,27,28)/b7-6+/t11-,14-,15-,18-/m1/s1. The summed E-state index contributed by atoms with van der Waals surface area (Å²) in [5.74, 6) is 0.234. The predicted octanol–water partition coefficient (Wildman–Crippen LogP) is 0.0185. The summed E-state index contributed by atoms with van der Waals surface area (Å²) in [7, 11) is -4.79. The van der Waals surface area contributed by atoms with E-state index in [9.17, 15) is 19.6 Å². The van der Waals surface area contributed by atoms with Crippen molar-refractivity contribution < 1.29 is 33.8 Å². The Morgan fingerprint density at radius 2 is 1.94 bits per heavy atom. The van der Waals surface area contributed by atoms with E-state index in [4.69, 9.17) is 14.5 Å². The maximum atomic E-state index is 12.4. The van der Waals surface area contributed by atoms with E-state index in [1.54, 1.807) is 12.2 Å². The Kier molecular flexibility index (Phi) is 5.86. The predicted molar refractivity (Wildman–Crippen MR) is 107 cm³/mol. The van der Waals surface area contributed by atoms with Crippen molar-refractivity contribution in [3.63, 3.8) is 0 Å². The van der Waals surface area contributed by atoms with Crippen LogP contribution in [0.2, 0.25) is 0 Å². The number of benzene rings is 1. The summed E-state index contributed by atoms with van der Waals surface area (Å²) < 4.78 is 22.1. The van der Waals surface area contributed by atoms with Gasteiger partial charge in [0.05, 0.1) is 12.9 Å². The zero-order valence-electron chi connectivity index (χ0n) is 15.8. The molecule has 0 aliphatic carbocycles. The summed E-state index contributed by atoms with van der Waals surface area (Å²) in [6.45, 7) is -0.648. The molecule has 1 saturated heterocycles. The molecule has 1 aliphatic rings. The number of aliphatic hydroxyl groups is 2. The third-order valence-electron chi connectivity index (χ3n) is 4.70. The number of aliphatic hydroxyl groups excluding tert-OH is 2. The van der Waals surface area contributed by atoms with Gasteiger partial charge >= 0.3 is 7.82 Å². The molecule has 1 fully saturated rings. The van der Waals surface area contributed by atoms with E-state index in [-0.39, 0.29) is 17.0 Å². The van der Waals surface area contributed by atoms with Crippen LogP contribution < -0.4 is 5.56 Å². The molecule has 3 heterocycles. The number of hydrogen-bond acceptors (Lipinski definition) is 8. The van der Waals surface area contributed by atoms with Gasteiger partial charge in [-0.1, -0.05) is 36.4 Å². The van der Waals surface area contributed by atoms with Crippen LogP contribution in [0.25, 0.3) is 23.3 Å². The van der Waals surface area contributed by atoms with Crippen LogP contribution in [0.1, 0.15) is 17.6 Å². The second kappa shape index (κ2) is 8.44. The minimum absolute atomic E-state index is 0.00271. The fourth-order valence-corrected chi connectivity index (χ4v) is 3.56. The fourth-order valence-electron chi connectivity index (χ4n) is 3.21. The van der Waals surface area contributed by atoms with Gasteiger partial charge in [-0.05, 0) is 11.6 Å². The van der Waals surface area contributed by atoms with E-state index < -0.39 is 44.5 Å². The molecule has 1 aliphatic heterocycles. The van der Waals surface area contributed by atoms with Crippen LogP contribution in [0, 0.1) is 0 Å². The molecule has 31 heavy (non-hydrogen) atoms. The van der Waals surface area contributed by atoms with Crippen LogP contribution in [0.5, 0.6) is 0 Å². The summed E-state index contributed by atoms with van der Waals surface area (Å²) >= 11 is 0. The molecule has 0 unspecified atom stereocenters. The molecule has 5 N–H and O–H groups in total. The molecule has 3 aromatic rings. The van der Waals surface area contributed by atoms with Crippen LogP contribution in [0.3, 0.4) is 0 Å². The Balaban J connectivity index is 1.63. The van der Waals surface area contributed by atoms with Gasteiger partial charge in [0.15, 0.2) is 17.4 Å². The van der Waals surface area contributed by atoms with Crippen molar-refractivity contribution in [2.24, 2.45) is 0 Å². The van der Waals surface area contributed by atoms with Crippen molar-refractivity contribution >= 4 is 31.1 Å². The minimum Gasteiger partial charge on any atom is -0.387 e. The fraction of sp³-hybridized carbons (Fsp3) is 0.278. The molecule has 2 aromatic heterocycles. The largest absolute Gasteiger partial charge is 0.469 e. The lowest BCUT2D eigenvalue weighted by Gasteiger charge is -2.16. The third kappa shape index (κ3) is 4.65. The number of phosphoric ester groups is 1. The lowest BCUT2D eigenvalue weighted by Crippen LogP contribution is -2.33. The Bertz CT molecular complexity index is 1200. The topological polar surface area (TPSA) is 180 Å². The highest BCUT2D eigenvalue weighted by Crippen LogP contribution is 2.38. The van der Waals surface area contributed by atoms with Crippen molar-refractivity contribution in [3.05, 3.63) is 58.4 Å². The Morgan fingerprint density at radius 1 is 1.19 bits per heavy atom. The second-order valence-electron chi connectivity index (χ2n) is 6.85. The molecule has 12 nitrogen and oxygen atoms in total. The smallest absolute Gasteiger partial charge is 0.387 e. The van der Waals surface area contributed by atoms with E-state index >= 15 is 0 Å². The molecular weight excluding hydrogens is 431 g/mol. The van der Waals surface area contributed by atoms with Crippen LogP contribution in [-0.4, -0.2) is 64.4 Å². The molecule has 0 saturated carbocycles. The monoisotopic (exact) mass is 450 g/mol. The highest BCUT2D eigenvalue weighted by Gasteiger charge is 2.45. The van der Waals surface area contributed by atoms with Crippen molar-refractivity contribution in [1.29, 1.82) is 0 Å². The van der Waals surface area contributed by atoms with Crippen LogP contribution in [0.15, 0.2) is 41.5 Å². The zero-order valence-corrected chi connectivity index (χ0v) is 16.7. The molecule has 164 valence electrons. The number of phosphoric acid groups is 1. The summed E-state index contributed by atoms with van der Waals surface area (Å²) in [6, 6.07) is 9.36. The van der Waals surface area contributed by atoms with Gasteiger partial charge in [0.2, 0.25) is 0 Å². The molecule has 4 atom stereocenters. The lowest BCUT2D eigenvalue weighted by atomic mass is 10.1. The van der Waals surface area contributed by atoms with Gasteiger partial charge < -0.3 is 29.7 Å².